The fourth-order valence-corrected chi connectivity index (χ4v) is 2.51. The van der Waals surface area contributed by atoms with Crippen molar-refractivity contribution in [3.63, 3.8) is 0 Å². The third-order valence-corrected chi connectivity index (χ3v) is 5.03. The van der Waals surface area contributed by atoms with Crippen LogP contribution < -0.4 is 0 Å². The Morgan fingerprint density at radius 1 is 0.833 bits per heavy atom. The number of hydrogen-bond acceptors (Lipinski definition) is 11. The number of amides is 4. The van der Waals surface area contributed by atoms with Crippen LogP contribution in [0.1, 0.15) is 13.3 Å². The third-order valence-electron chi connectivity index (χ3n) is 2.80. The Bertz CT molecular complexity index is 643. The van der Waals surface area contributed by atoms with Crippen LogP contribution in [0.4, 0.5) is 23.6 Å². The highest BCUT2D eigenvalue weighted by Crippen LogP contribution is 2.16. The summed E-state index contributed by atoms with van der Waals surface area (Å²) in [5.41, 5.74) is 0. The number of rotatable bonds is 9. The normalized spacial score (nSPS) is 10.7. The van der Waals surface area contributed by atoms with Crippen molar-refractivity contribution < 1.29 is 37.9 Å². The maximum atomic E-state index is 12.4. The first-order chi connectivity index (χ1) is 14.0. The lowest BCUT2D eigenvalue weighted by molar-refractivity contribution is 0.105. The van der Waals surface area contributed by atoms with E-state index in [-0.39, 0.29) is 19.6 Å². The largest absolute Gasteiger partial charge is 0.449 e. The predicted molar refractivity (Wildman–Crippen MR) is 113 cm³/mol. The summed E-state index contributed by atoms with van der Waals surface area (Å²) in [5.74, 6) is 0. The number of ether oxygens (including phenoxy) is 2. The molecule has 0 rings (SSSR count). The molecule has 0 aromatic rings. The van der Waals surface area contributed by atoms with E-state index in [0.29, 0.717) is 21.5 Å². The van der Waals surface area contributed by atoms with Gasteiger partial charge in [0.25, 0.3) is 0 Å². The molecule has 4 amide bonds. The van der Waals surface area contributed by atoms with E-state index in [9.17, 15) is 23.6 Å². The summed E-state index contributed by atoms with van der Waals surface area (Å²) in [4.78, 5) is 50.4. The second kappa shape index (κ2) is 14.8. The molecule has 172 valence electrons. The topological polar surface area (TPSA) is 121 Å². The van der Waals surface area contributed by atoms with Gasteiger partial charge in [0.05, 0.1) is 37.5 Å². The Morgan fingerprint density at radius 2 is 1.27 bits per heavy atom. The van der Waals surface area contributed by atoms with E-state index < -0.39 is 24.4 Å². The minimum atomic E-state index is -1.71. The summed E-state index contributed by atoms with van der Waals surface area (Å²) in [7, 11) is 5.24. The van der Waals surface area contributed by atoms with E-state index >= 15 is 0 Å². The molecule has 0 fully saturated rings. The lowest BCUT2D eigenvalue weighted by Gasteiger charge is -2.21. The fraction of sp³-hybridized carbons (Fsp3) is 0.643. The highest BCUT2D eigenvalue weighted by molar-refractivity contribution is 8.13. The maximum absolute atomic E-state index is 12.4. The highest BCUT2D eigenvalue weighted by atomic mass is 32.2. The van der Waals surface area contributed by atoms with Crippen LogP contribution in [0.15, 0.2) is 5.16 Å². The van der Waals surface area contributed by atoms with E-state index in [1.54, 1.807) is 13.2 Å². The monoisotopic (exact) mass is 489 g/mol. The molecule has 0 aliphatic rings. The zero-order chi connectivity index (χ0) is 23.3. The van der Waals surface area contributed by atoms with Gasteiger partial charge in [0.15, 0.2) is 0 Å². The summed E-state index contributed by atoms with van der Waals surface area (Å²) in [6.45, 7) is 1.55. The average molecular weight is 490 g/mol. The van der Waals surface area contributed by atoms with E-state index in [2.05, 4.69) is 9.99 Å². The Kier molecular flexibility index (Phi) is 13.8. The average Bonchev–Trinajstić information content (AvgIpc) is 2.70. The van der Waals surface area contributed by atoms with Crippen molar-refractivity contribution in [1.29, 1.82) is 0 Å². The molecule has 0 saturated carbocycles. The quantitative estimate of drug-likeness (QED) is 0.0696. The van der Waals surface area contributed by atoms with Crippen LogP contribution in [-0.2, 0) is 14.3 Å². The van der Waals surface area contributed by atoms with Gasteiger partial charge in [-0.15, -0.1) is 16.2 Å². The van der Waals surface area contributed by atoms with Crippen LogP contribution in [0.2, 0.25) is 0 Å². The summed E-state index contributed by atoms with van der Waals surface area (Å²) in [6.07, 6.45) is -2.04. The fourth-order valence-electron chi connectivity index (χ4n) is 1.26. The van der Waals surface area contributed by atoms with Crippen LogP contribution in [0.3, 0.4) is 0 Å². The Morgan fingerprint density at radius 3 is 1.70 bits per heavy atom. The molecule has 0 bridgehead atoms. The Labute approximate surface area is 186 Å². The zero-order valence-corrected chi connectivity index (χ0v) is 19.8. The third kappa shape index (κ3) is 11.8. The number of thioether (sulfide) groups is 1. The van der Waals surface area contributed by atoms with Gasteiger partial charge in [-0.3, -0.25) is 4.84 Å². The lowest BCUT2D eigenvalue weighted by Crippen LogP contribution is -2.30. The Hall–Kier alpha value is -2.07. The first-order valence-electron chi connectivity index (χ1n) is 8.13. The first-order valence-corrected chi connectivity index (χ1v) is 10.8. The molecule has 0 aromatic carbocycles. The van der Waals surface area contributed by atoms with Gasteiger partial charge in [-0.25, -0.2) is 36.4 Å². The second-order valence-electron chi connectivity index (χ2n) is 5.16. The second-order valence-corrected chi connectivity index (χ2v) is 8.68. The minimum absolute atomic E-state index is 0.0535. The molecule has 0 N–H and O–H groups in total. The van der Waals surface area contributed by atoms with E-state index in [1.165, 1.54) is 32.9 Å². The molecule has 0 spiro atoms. The Balaban J connectivity index is 4.11. The van der Waals surface area contributed by atoms with Crippen molar-refractivity contribution in [2.75, 3.05) is 47.7 Å². The van der Waals surface area contributed by atoms with Gasteiger partial charge in [0, 0.05) is 34.6 Å². The molecule has 0 atom stereocenters. The number of carbonyl (C=O) groups excluding carboxylic acids is 4. The van der Waals surface area contributed by atoms with E-state index in [0.717, 1.165) is 32.1 Å². The van der Waals surface area contributed by atoms with Gasteiger partial charge in [-0.2, -0.15) is 0 Å². The van der Waals surface area contributed by atoms with Crippen molar-refractivity contribution in [2.45, 2.75) is 13.3 Å². The molecule has 30 heavy (non-hydrogen) atoms. The summed E-state index contributed by atoms with van der Waals surface area (Å²) in [5, 5.41) is 4.15. The smallest absolute Gasteiger partial charge is 0.447 e. The predicted octanol–water partition coefficient (Wildman–Crippen LogP) is 3.43. The minimum Gasteiger partial charge on any atom is -0.449 e. The van der Waals surface area contributed by atoms with Crippen molar-refractivity contribution in [3.8, 4) is 0 Å². The van der Waals surface area contributed by atoms with Crippen molar-refractivity contribution in [2.24, 2.45) is 5.16 Å². The SMILES string of the molecule is CSC(C)=NOC(=O)N(C)SN(C)C(=O)OCCCOC(=O)N(C)SN(C)C(=O)F. The zero-order valence-electron chi connectivity index (χ0n) is 17.3. The van der Waals surface area contributed by atoms with Gasteiger partial charge < -0.3 is 9.47 Å². The molecule has 0 aromatic heterocycles. The van der Waals surface area contributed by atoms with Crippen molar-refractivity contribution in [3.05, 3.63) is 0 Å². The number of carbonyl (C=O) groups is 4. The summed E-state index contributed by atoms with van der Waals surface area (Å²) < 4.78 is 25.9. The van der Waals surface area contributed by atoms with E-state index in [1.807, 2.05) is 0 Å². The van der Waals surface area contributed by atoms with Crippen molar-refractivity contribution >= 4 is 65.5 Å². The lowest BCUT2D eigenvalue weighted by atomic mass is 10.5. The van der Waals surface area contributed by atoms with Crippen molar-refractivity contribution in [1.82, 2.24) is 17.2 Å². The maximum Gasteiger partial charge on any atom is 0.447 e. The molecule has 0 aliphatic carbocycles. The van der Waals surface area contributed by atoms with Gasteiger partial charge >= 0.3 is 24.4 Å². The van der Waals surface area contributed by atoms with Crippen LogP contribution in [0, 0.1) is 0 Å². The number of nitrogens with zero attached hydrogens (tertiary/aromatic N) is 5. The van der Waals surface area contributed by atoms with Gasteiger partial charge in [0.2, 0.25) is 0 Å². The highest BCUT2D eigenvalue weighted by Gasteiger charge is 2.20. The standard InChI is InChI=1S/C14H24FN5O7S3/c1-10(28-6)16-27-14(24)20(5)30-19(4)13(23)26-9-7-8-25-12(22)18(3)29-17(2)11(15)21/h7-9H2,1-6H3. The molecule has 0 unspecified atom stereocenters. The molecule has 12 nitrogen and oxygen atoms in total. The van der Waals surface area contributed by atoms with Crippen LogP contribution in [0.25, 0.3) is 0 Å². The molecule has 0 radical (unpaired) electrons. The molecular formula is C14H24FN5O7S3. The van der Waals surface area contributed by atoms with Gasteiger partial charge in [-0.1, -0.05) is 5.16 Å². The summed E-state index contributed by atoms with van der Waals surface area (Å²) in [6, 6.07) is 0. The number of halogens is 1. The summed E-state index contributed by atoms with van der Waals surface area (Å²) >= 11 is 2.58. The molecule has 16 heteroatoms. The van der Waals surface area contributed by atoms with Crippen LogP contribution in [-0.4, -0.2) is 94.4 Å². The number of oxime groups is 1. The molecule has 0 aliphatic heterocycles. The van der Waals surface area contributed by atoms with Gasteiger partial charge in [0.1, 0.15) is 5.04 Å². The first kappa shape index (κ1) is 27.9. The van der Waals surface area contributed by atoms with Crippen LogP contribution in [0.5, 0.6) is 0 Å². The van der Waals surface area contributed by atoms with Gasteiger partial charge in [-0.05, 0) is 13.2 Å². The molecule has 0 heterocycles. The molecular weight excluding hydrogens is 465 g/mol. The van der Waals surface area contributed by atoms with E-state index in [4.69, 9.17) is 9.47 Å². The number of hydrogen-bond donors (Lipinski definition) is 0. The van der Waals surface area contributed by atoms with Crippen LogP contribution >= 0.6 is 36.0 Å². The molecule has 0 saturated heterocycles.